The lowest BCUT2D eigenvalue weighted by atomic mass is 9.94. The third-order valence-electron chi connectivity index (χ3n) is 7.37. The van der Waals surface area contributed by atoms with E-state index in [9.17, 15) is 22.7 Å². The molecule has 34 heavy (non-hydrogen) atoms. The number of β-amino-alcohol motifs (C(OH)–C–C–N with tert-alkyl or cyclic N) is 1. The molecule has 3 atom stereocenters. The van der Waals surface area contributed by atoms with E-state index in [1.165, 1.54) is 0 Å². The molecule has 1 saturated carbocycles. The summed E-state index contributed by atoms with van der Waals surface area (Å²) < 4.78 is 60.6. The number of aliphatic hydroxyl groups is 1. The van der Waals surface area contributed by atoms with Gasteiger partial charge in [0, 0.05) is 57.3 Å². The maximum Gasteiger partial charge on any atom is 0.267 e. The highest BCUT2D eigenvalue weighted by molar-refractivity contribution is 5.63. The molecule has 2 saturated heterocycles. The summed E-state index contributed by atoms with van der Waals surface area (Å²) in [5.74, 6) is -0.618. The van der Waals surface area contributed by atoms with Gasteiger partial charge in [-0.05, 0) is 48.9 Å². The Morgan fingerprint density at radius 3 is 2.47 bits per heavy atom. The smallest absolute Gasteiger partial charge is 0.267 e. The molecule has 2 aliphatic heterocycles. The number of anilines is 1. The number of nitrogens with zero attached hydrogens (tertiary/aromatic N) is 3. The summed E-state index contributed by atoms with van der Waals surface area (Å²) in [5.41, 5.74) is -1.42. The van der Waals surface area contributed by atoms with Crippen molar-refractivity contribution in [1.82, 2.24) is 15.1 Å². The summed E-state index contributed by atoms with van der Waals surface area (Å²) in [4.78, 5) is 2.31. The number of hydrogen-bond acceptors (Lipinski definition) is 6. The summed E-state index contributed by atoms with van der Waals surface area (Å²) in [6.45, 7) is 3.55. The lowest BCUT2D eigenvalue weighted by Gasteiger charge is -2.35. The van der Waals surface area contributed by atoms with E-state index in [0.717, 1.165) is 50.2 Å². The minimum absolute atomic E-state index is 0.0195. The fourth-order valence-corrected chi connectivity index (χ4v) is 5.67. The number of aromatic nitrogens is 2. The van der Waals surface area contributed by atoms with E-state index in [4.69, 9.17) is 4.74 Å². The fraction of sp³-hybridized carbons (Fsp3) is 0.583. The number of ether oxygens (including phenoxy) is 1. The van der Waals surface area contributed by atoms with Gasteiger partial charge in [0.25, 0.3) is 6.43 Å². The van der Waals surface area contributed by atoms with Gasteiger partial charge in [-0.15, -0.1) is 10.2 Å². The Hall–Kier alpha value is -2.30. The van der Waals surface area contributed by atoms with Gasteiger partial charge in [0.15, 0.2) is 5.82 Å². The molecular weight excluding hydrogens is 452 g/mol. The van der Waals surface area contributed by atoms with Crippen molar-refractivity contribution in [2.45, 2.75) is 43.8 Å². The lowest BCUT2D eigenvalue weighted by molar-refractivity contribution is -0.0779. The first kappa shape index (κ1) is 23.4. The highest BCUT2D eigenvalue weighted by Crippen LogP contribution is 2.41. The van der Waals surface area contributed by atoms with Gasteiger partial charge in [-0.1, -0.05) is 0 Å². The summed E-state index contributed by atoms with van der Waals surface area (Å²) in [6, 6.07) is 3.86. The van der Waals surface area contributed by atoms with Gasteiger partial charge in [-0.3, -0.25) is 4.90 Å². The molecule has 0 bridgehead atoms. The number of nitrogens with one attached hydrogen (secondary N) is 1. The van der Waals surface area contributed by atoms with Crippen LogP contribution >= 0.6 is 0 Å². The Balaban J connectivity index is 1.24. The molecule has 3 fully saturated rings. The number of benzene rings is 1. The molecule has 0 radical (unpaired) electrons. The van der Waals surface area contributed by atoms with Crippen molar-refractivity contribution in [3.63, 3.8) is 0 Å². The molecule has 1 aliphatic carbocycles. The molecule has 1 aromatic carbocycles. The minimum atomic E-state index is -2.84. The third-order valence-corrected chi connectivity index (χ3v) is 7.37. The molecule has 0 amide bonds. The Bertz CT molecular complexity index is 1020. The maximum absolute atomic E-state index is 14.1. The van der Waals surface area contributed by atoms with Crippen LogP contribution in [0.3, 0.4) is 0 Å². The van der Waals surface area contributed by atoms with Crippen LogP contribution in [0.1, 0.15) is 37.7 Å². The topological polar surface area (TPSA) is 70.5 Å². The summed E-state index contributed by atoms with van der Waals surface area (Å²) >= 11 is 0. The molecule has 1 aromatic heterocycles. The zero-order valence-electron chi connectivity index (χ0n) is 18.7. The molecule has 184 valence electrons. The van der Waals surface area contributed by atoms with E-state index in [1.54, 1.807) is 0 Å². The highest BCUT2D eigenvalue weighted by Gasteiger charge is 2.43. The van der Waals surface area contributed by atoms with E-state index in [0.29, 0.717) is 44.4 Å². The number of likely N-dealkylation sites (tertiary alicyclic amines) is 1. The molecule has 3 aliphatic rings. The van der Waals surface area contributed by atoms with Gasteiger partial charge in [-0.25, -0.2) is 17.6 Å². The van der Waals surface area contributed by atoms with Crippen LogP contribution in [0, 0.1) is 23.5 Å². The van der Waals surface area contributed by atoms with Gasteiger partial charge in [0.2, 0.25) is 0 Å². The first-order valence-corrected chi connectivity index (χ1v) is 11.7. The van der Waals surface area contributed by atoms with Crippen LogP contribution in [-0.2, 0) is 4.74 Å². The average Bonchev–Trinajstić information content (AvgIpc) is 3.33. The largest absolute Gasteiger partial charge is 0.388 e. The maximum atomic E-state index is 14.1. The van der Waals surface area contributed by atoms with E-state index < -0.39 is 23.7 Å². The second-order valence-corrected chi connectivity index (χ2v) is 9.82. The predicted molar refractivity (Wildman–Crippen MR) is 117 cm³/mol. The molecule has 2 aromatic rings. The average molecular weight is 481 g/mol. The summed E-state index contributed by atoms with van der Waals surface area (Å²) in [7, 11) is 0. The molecule has 6 nitrogen and oxygen atoms in total. The zero-order chi connectivity index (χ0) is 23.9. The van der Waals surface area contributed by atoms with E-state index in [1.807, 2.05) is 0 Å². The fourth-order valence-electron chi connectivity index (χ4n) is 5.67. The lowest BCUT2D eigenvalue weighted by Crippen LogP contribution is -2.46. The predicted octanol–water partition coefficient (Wildman–Crippen LogP) is 4.02. The van der Waals surface area contributed by atoms with Gasteiger partial charge < -0.3 is 15.2 Å². The van der Waals surface area contributed by atoms with Crippen molar-refractivity contribution in [3.05, 3.63) is 41.5 Å². The molecule has 2 N–H and O–H groups in total. The van der Waals surface area contributed by atoms with Crippen molar-refractivity contribution < 1.29 is 27.4 Å². The first-order valence-electron chi connectivity index (χ1n) is 11.7. The Labute approximate surface area is 195 Å². The van der Waals surface area contributed by atoms with Crippen molar-refractivity contribution in [2.75, 3.05) is 38.2 Å². The second-order valence-electron chi connectivity index (χ2n) is 9.82. The summed E-state index contributed by atoms with van der Waals surface area (Å²) in [6.07, 6.45) is 0.0759. The minimum Gasteiger partial charge on any atom is -0.388 e. The van der Waals surface area contributed by atoms with Gasteiger partial charge in [-0.2, -0.15) is 0 Å². The molecule has 0 spiro atoms. The summed E-state index contributed by atoms with van der Waals surface area (Å²) in [5, 5.41) is 21.7. The van der Waals surface area contributed by atoms with Crippen molar-refractivity contribution in [2.24, 2.45) is 11.8 Å². The van der Waals surface area contributed by atoms with E-state index >= 15 is 0 Å². The van der Waals surface area contributed by atoms with Crippen LogP contribution < -0.4 is 5.32 Å². The van der Waals surface area contributed by atoms with Crippen molar-refractivity contribution >= 4 is 5.82 Å². The van der Waals surface area contributed by atoms with Crippen molar-refractivity contribution in [1.29, 1.82) is 0 Å². The van der Waals surface area contributed by atoms with Crippen LogP contribution in [0.2, 0.25) is 0 Å². The first-order chi connectivity index (χ1) is 16.3. The molecular formula is C24H28F4N4O2. The van der Waals surface area contributed by atoms with E-state index in [-0.39, 0.29) is 28.7 Å². The van der Waals surface area contributed by atoms with Gasteiger partial charge in [0.05, 0.1) is 16.9 Å². The quantitative estimate of drug-likeness (QED) is 0.609. The Morgan fingerprint density at radius 1 is 1.09 bits per heavy atom. The highest BCUT2D eigenvalue weighted by atomic mass is 19.3. The molecule has 3 heterocycles. The molecule has 0 unspecified atom stereocenters. The number of hydrogen-bond donors (Lipinski definition) is 2. The monoisotopic (exact) mass is 480 g/mol. The zero-order valence-corrected chi connectivity index (χ0v) is 18.7. The van der Waals surface area contributed by atoms with Crippen molar-refractivity contribution in [3.8, 4) is 11.3 Å². The second kappa shape index (κ2) is 9.39. The Kier molecular flexibility index (Phi) is 6.47. The van der Waals surface area contributed by atoms with Gasteiger partial charge in [0.1, 0.15) is 11.6 Å². The number of alkyl halides is 2. The van der Waals surface area contributed by atoms with Crippen LogP contribution in [0.25, 0.3) is 11.3 Å². The number of fused-ring (bicyclic) bond motifs is 1. The number of rotatable bonds is 6. The standard InChI is InChI=1S/C24H28F4N4O2/c25-16-1-2-20(26)18(9-16)21-10-19(22(27)28)23(31-30-21)29-17-7-14-11-32(12-15(14)8-17)13-24(33)3-5-34-6-4-24/h1-2,9-10,14-15,17,22,33H,3-8,11-13H2,(H,29,31)/t14-,15+,17+. The normalized spacial score (nSPS) is 26.7. The van der Waals surface area contributed by atoms with E-state index in [2.05, 4.69) is 20.4 Å². The van der Waals surface area contributed by atoms with Gasteiger partial charge >= 0.3 is 0 Å². The molecule has 5 rings (SSSR count). The number of halogens is 4. The van der Waals surface area contributed by atoms with Crippen LogP contribution in [0.4, 0.5) is 23.4 Å². The van der Waals surface area contributed by atoms with Crippen LogP contribution in [0.15, 0.2) is 24.3 Å². The Morgan fingerprint density at radius 2 is 1.79 bits per heavy atom. The third kappa shape index (κ3) is 4.89. The van der Waals surface area contributed by atoms with Crippen LogP contribution in [-0.4, -0.2) is 64.7 Å². The van der Waals surface area contributed by atoms with Crippen LogP contribution in [0.5, 0.6) is 0 Å². The molecule has 10 heteroatoms. The SMILES string of the molecule is OC1(CN2C[C@H]3C[C@H](Nc4nnc(-c5cc(F)ccc5F)cc4C(F)F)C[C@H]3C2)CCOCC1.